The molecule has 0 saturated heterocycles. The number of amidine groups is 1. The van der Waals surface area contributed by atoms with Crippen molar-refractivity contribution in [3.05, 3.63) is 78.6 Å². The second-order valence-electron chi connectivity index (χ2n) is 5.60. The van der Waals surface area contributed by atoms with E-state index >= 15 is 0 Å². The van der Waals surface area contributed by atoms with Gasteiger partial charge in [-0.15, -0.1) is 0 Å². The van der Waals surface area contributed by atoms with Crippen LogP contribution in [0, 0.1) is 0 Å². The Morgan fingerprint density at radius 3 is 2.08 bits per heavy atom. The average molecular weight is 317 g/mol. The van der Waals surface area contributed by atoms with Gasteiger partial charge in [-0.1, -0.05) is 42.5 Å². The fourth-order valence-electron chi connectivity index (χ4n) is 2.78. The fraction of sp³-hybridized carbons (Fsp3) is 0.190. The van der Waals surface area contributed by atoms with Gasteiger partial charge in [0.1, 0.15) is 0 Å². The smallest absolute Gasteiger partial charge is 0.152 e. The highest BCUT2D eigenvalue weighted by Gasteiger charge is 2.11. The van der Waals surface area contributed by atoms with E-state index in [1.165, 1.54) is 11.1 Å². The summed E-state index contributed by atoms with van der Waals surface area (Å²) >= 11 is 0. The van der Waals surface area contributed by atoms with E-state index in [0.717, 1.165) is 30.3 Å². The maximum absolute atomic E-state index is 4.89. The van der Waals surface area contributed by atoms with E-state index in [1.54, 1.807) is 0 Å². The number of aromatic amines is 1. The van der Waals surface area contributed by atoms with Crippen LogP contribution in [0.1, 0.15) is 19.5 Å². The molecule has 0 fully saturated rings. The minimum absolute atomic E-state index is 0.927. The Balaban J connectivity index is 1.92. The van der Waals surface area contributed by atoms with Crippen molar-refractivity contribution < 1.29 is 0 Å². The number of benzene rings is 2. The van der Waals surface area contributed by atoms with Gasteiger partial charge in [-0.2, -0.15) is 0 Å². The Kier molecular flexibility index (Phi) is 5.12. The number of nitrogens with zero attached hydrogens (tertiary/aromatic N) is 2. The van der Waals surface area contributed by atoms with Crippen LogP contribution in [-0.2, 0) is 0 Å². The minimum atomic E-state index is 0.927. The zero-order valence-electron chi connectivity index (χ0n) is 14.2. The molecule has 24 heavy (non-hydrogen) atoms. The van der Waals surface area contributed by atoms with Gasteiger partial charge in [0.2, 0.25) is 0 Å². The summed E-state index contributed by atoms with van der Waals surface area (Å²) in [5.74, 6) is 0.984. The molecule has 1 aromatic heterocycles. The Labute approximate surface area is 143 Å². The van der Waals surface area contributed by atoms with Gasteiger partial charge < -0.3 is 9.88 Å². The highest BCUT2D eigenvalue weighted by atomic mass is 15.2. The molecule has 3 nitrogen and oxygen atoms in total. The van der Waals surface area contributed by atoms with Crippen molar-refractivity contribution in [2.45, 2.75) is 13.8 Å². The van der Waals surface area contributed by atoms with Gasteiger partial charge in [0.15, 0.2) is 5.84 Å². The third-order valence-corrected chi connectivity index (χ3v) is 4.11. The fourth-order valence-corrected chi connectivity index (χ4v) is 2.78. The first-order valence-electron chi connectivity index (χ1n) is 8.44. The van der Waals surface area contributed by atoms with E-state index < -0.39 is 0 Å². The summed E-state index contributed by atoms with van der Waals surface area (Å²) in [5.41, 5.74) is 4.44. The lowest BCUT2D eigenvalue weighted by atomic mass is 10.1. The molecule has 0 amide bonds. The lowest BCUT2D eigenvalue weighted by Crippen LogP contribution is -2.31. The molecule has 1 N–H and O–H groups in total. The summed E-state index contributed by atoms with van der Waals surface area (Å²) in [6.45, 7) is 6.16. The van der Waals surface area contributed by atoms with Crippen molar-refractivity contribution in [1.82, 2.24) is 9.88 Å². The van der Waals surface area contributed by atoms with Crippen LogP contribution in [0.2, 0.25) is 0 Å². The van der Waals surface area contributed by atoms with Crippen LogP contribution >= 0.6 is 0 Å². The summed E-state index contributed by atoms with van der Waals surface area (Å²) in [5, 5.41) is 0. The molecule has 3 rings (SSSR count). The first-order chi connectivity index (χ1) is 11.8. The third-order valence-electron chi connectivity index (χ3n) is 4.11. The molecule has 0 unspecified atom stereocenters. The second kappa shape index (κ2) is 7.64. The molecule has 0 aliphatic carbocycles. The van der Waals surface area contributed by atoms with Crippen LogP contribution in [0.3, 0.4) is 0 Å². The molecule has 1 heterocycles. The quantitative estimate of drug-likeness (QED) is 0.515. The molecular formula is C21H23N3. The molecule has 3 heteroatoms. The maximum atomic E-state index is 4.89. The van der Waals surface area contributed by atoms with Gasteiger partial charge in [0, 0.05) is 19.3 Å². The van der Waals surface area contributed by atoms with Crippen molar-refractivity contribution in [2.75, 3.05) is 13.1 Å². The topological polar surface area (TPSA) is 31.4 Å². The molecule has 0 aliphatic heterocycles. The van der Waals surface area contributed by atoms with Crippen LogP contribution in [-0.4, -0.2) is 28.8 Å². The highest BCUT2D eigenvalue weighted by Crippen LogP contribution is 2.23. The standard InChI is InChI=1S/C21H23N3/c1-3-24(4-2)21(20-11-8-16-22-20)23-19-14-12-18(13-15-19)17-9-6-5-7-10-17/h5-16,22H,3-4H2,1-2H3. The largest absolute Gasteiger partial charge is 0.359 e. The number of hydrogen-bond donors (Lipinski definition) is 1. The third kappa shape index (κ3) is 3.57. The first-order valence-corrected chi connectivity index (χ1v) is 8.44. The Hall–Kier alpha value is -2.81. The molecule has 122 valence electrons. The Bertz CT molecular complexity index is 768. The normalized spacial score (nSPS) is 11.5. The van der Waals surface area contributed by atoms with Crippen molar-refractivity contribution in [3.63, 3.8) is 0 Å². The van der Waals surface area contributed by atoms with Crippen molar-refractivity contribution in [1.29, 1.82) is 0 Å². The van der Waals surface area contributed by atoms with Gasteiger partial charge in [0.25, 0.3) is 0 Å². The van der Waals surface area contributed by atoms with Crippen LogP contribution < -0.4 is 0 Å². The number of H-pyrrole nitrogens is 1. The van der Waals surface area contributed by atoms with Gasteiger partial charge in [-0.3, -0.25) is 0 Å². The van der Waals surface area contributed by atoms with E-state index in [4.69, 9.17) is 4.99 Å². The van der Waals surface area contributed by atoms with E-state index in [-0.39, 0.29) is 0 Å². The second-order valence-corrected chi connectivity index (χ2v) is 5.60. The number of hydrogen-bond acceptors (Lipinski definition) is 1. The molecule has 0 spiro atoms. The molecule has 0 bridgehead atoms. The number of nitrogens with one attached hydrogen (secondary N) is 1. The molecular weight excluding hydrogens is 294 g/mol. The highest BCUT2D eigenvalue weighted by molar-refractivity contribution is 5.98. The number of rotatable bonds is 5. The molecule has 0 atom stereocenters. The van der Waals surface area contributed by atoms with Crippen LogP contribution in [0.4, 0.5) is 5.69 Å². The summed E-state index contributed by atoms with van der Waals surface area (Å²) in [7, 11) is 0. The van der Waals surface area contributed by atoms with E-state index in [1.807, 2.05) is 18.3 Å². The van der Waals surface area contributed by atoms with Crippen LogP contribution in [0.15, 0.2) is 77.9 Å². The van der Waals surface area contributed by atoms with E-state index in [2.05, 4.69) is 78.3 Å². The van der Waals surface area contributed by atoms with Gasteiger partial charge in [0.05, 0.1) is 11.4 Å². The van der Waals surface area contributed by atoms with Crippen LogP contribution in [0.25, 0.3) is 11.1 Å². The van der Waals surface area contributed by atoms with E-state index in [9.17, 15) is 0 Å². The summed E-state index contributed by atoms with van der Waals surface area (Å²) in [6, 6.07) is 22.9. The monoisotopic (exact) mass is 317 g/mol. The predicted molar refractivity (Wildman–Crippen MR) is 102 cm³/mol. The van der Waals surface area contributed by atoms with Gasteiger partial charge >= 0.3 is 0 Å². The van der Waals surface area contributed by atoms with Gasteiger partial charge in [-0.25, -0.2) is 4.99 Å². The molecule has 2 aromatic carbocycles. The SMILES string of the molecule is CCN(CC)C(=Nc1ccc(-c2ccccc2)cc1)c1ccc[nH]1. The zero-order chi connectivity index (χ0) is 16.8. The van der Waals surface area contributed by atoms with Crippen molar-refractivity contribution in [3.8, 4) is 11.1 Å². The number of aliphatic imine (C=N–C) groups is 1. The van der Waals surface area contributed by atoms with E-state index in [0.29, 0.717) is 0 Å². The minimum Gasteiger partial charge on any atom is -0.359 e. The molecule has 3 aromatic rings. The summed E-state index contributed by atoms with van der Waals surface area (Å²) in [4.78, 5) is 10.4. The number of aromatic nitrogens is 1. The Morgan fingerprint density at radius 2 is 1.50 bits per heavy atom. The predicted octanol–water partition coefficient (Wildman–Crippen LogP) is 5.10. The zero-order valence-corrected chi connectivity index (χ0v) is 14.2. The van der Waals surface area contributed by atoms with Gasteiger partial charge in [-0.05, 0) is 49.2 Å². The molecule has 0 saturated carbocycles. The first kappa shape index (κ1) is 16.1. The molecule has 0 aliphatic rings. The van der Waals surface area contributed by atoms with Crippen molar-refractivity contribution >= 4 is 11.5 Å². The maximum Gasteiger partial charge on any atom is 0.152 e. The molecule has 0 radical (unpaired) electrons. The lowest BCUT2D eigenvalue weighted by molar-refractivity contribution is 0.465. The van der Waals surface area contributed by atoms with Crippen molar-refractivity contribution in [2.24, 2.45) is 4.99 Å². The van der Waals surface area contributed by atoms with Crippen LogP contribution in [0.5, 0.6) is 0 Å². The summed E-state index contributed by atoms with van der Waals surface area (Å²) < 4.78 is 0. The summed E-state index contributed by atoms with van der Waals surface area (Å²) in [6.07, 6.45) is 1.94. The average Bonchev–Trinajstić information content (AvgIpc) is 3.17. The lowest BCUT2D eigenvalue weighted by Gasteiger charge is -2.22. The Morgan fingerprint density at radius 1 is 0.833 bits per heavy atom.